The van der Waals surface area contributed by atoms with Crippen LogP contribution in [-0.2, 0) is 14.3 Å². The smallest absolute Gasteiger partial charge is 0.306 e. The molecule has 3 fully saturated rings. The molecule has 4 unspecified atom stereocenters. The number of hydrogen-bond acceptors (Lipinski definition) is 4. The van der Waals surface area contributed by atoms with E-state index in [0.29, 0.717) is 24.4 Å². The molecule has 0 aromatic carbocycles. The molecule has 0 aromatic rings. The summed E-state index contributed by atoms with van der Waals surface area (Å²) in [5.41, 5.74) is 0. The van der Waals surface area contributed by atoms with Gasteiger partial charge in [0.2, 0.25) is 0 Å². The third-order valence-electron chi connectivity index (χ3n) is 4.98. The lowest BCUT2D eigenvalue weighted by Gasteiger charge is -2.32. The van der Waals surface area contributed by atoms with Crippen molar-refractivity contribution in [2.45, 2.75) is 89.2 Å². The van der Waals surface area contributed by atoms with Crippen LogP contribution in [0.1, 0.15) is 58.8 Å². The second-order valence-corrected chi connectivity index (χ2v) is 7.02. The van der Waals surface area contributed by atoms with E-state index in [9.17, 15) is 4.79 Å². The molecule has 4 heteroatoms. The number of carbonyl (C=O) groups excluding carboxylic acids is 1. The van der Waals surface area contributed by atoms with Gasteiger partial charge in [-0.25, -0.2) is 0 Å². The maximum absolute atomic E-state index is 12.1. The first kappa shape index (κ1) is 14.3. The molecule has 0 aliphatic carbocycles. The van der Waals surface area contributed by atoms with E-state index >= 15 is 0 Å². The number of piperidine rings is 1. The van der Waals surface area contributed by atoms with Gasteiger partial charge in [-0.05, 0) is 45.4 Å². The molecular weight excluding hydrogens is 254 g/mol. The molecule has 0 aromatic heterocycles. The summed E-state index contributed by atoms with van der Waals surface area (Å²) < 4.78 is 11.4. The fourth-order valence-corrected chi connectivity index (χ4v) is 4.25. The van der Waals surface area contributed by atoms with Crippen LogP contribution in [-0.4, -0.2) is 36.4 Å². The van der Waals surface area contributed by atoms with Crippen LogP contribution >= 0.6 is 0 Å². The fourth-order valence-electron chi connectivity index (χ4n) is 4.25. The van der Waals surface area contributed by atoms with E-state index in [-0.39, 0.29) is 24.3 Å². The third-order valence-corrected chi connectivity index (χ3v) is 4.98. The zero-order valence-corrected chi connectivity index (χ0v) is 12.6. The molecule has 3 aliphatic heterocycles. The molecule has 3 heterocycles. The van der Waals surface area contributed by atoms with Crippen molar-refractivity contribution in [3.05, 3.63) is 0 Å². The number of esters is 1. The second kappa shape index (κ2) is 6.02. The van der Waals surface area contributed by atoms with Crippen molar-refractivity contribution in [2.75, 3.05) is 0 Å². The molecule has 20 heavy (non-hydrogen) atoms. The zero-order chi connectivity index (χ0) is 14.1. The minimum absolute atomic E-state index is 0.00241. The normalized spacial score (nSPS) is 44.3. The molecule has 114 valence electrons. The Balaban J connectivity index is 1.45. The average molecular weight is 281 g/mol. The minimum atomic E-state index is 0.00241. The van der Waals surface area contributed by atoms with Crippen molar-refractivity contribution < 1.29 is 14.3 Å². The summed E-state index contributed by atoms with van der Waals surface area (Å²) in [5.74, 6) is 0.526. The Kier molecular flexibility index (Phi) is 4.32. The maximum atomic E-state index is 12.1. The van der Waals surface area contributed by atoms with Gasteiger partial charge in [0, 0.05) is 31.3 Å². The lowest BCUT2D eigenvalue weighted by molar-refractivity contribution is -0.161. The molecule has 0 saturated carbocycles. The molecule has 3 saturated heterocycles. The molecule has 0 amide bonds. The van der Waals surface area contributed by atoms with E-state index in [0.717, 1.165) is 25.7 Å². The van der Waals surface area contributed by atoms with Crippen molar-refractivity contribution in [3.63, 3.8) is 0 Å². The van der Waals surface area contributed by atoms with Crippen molar-refractivity contribution in [2.24, 2.45) is 5.92 Å². The number of carbonyl (C=O) groups is 1. The first-order chi connectivity index (χ1) is 9.58. The predicted molar refractivity (Wildman–Crippen MR) is 76.4 cm³/mol. The number of nitrogens with one attached hydrogen (secondary N) is 1. The van der Waals surface area contributed by atoms with Crippen LogP contribution in [0.2, 0.25) is 0 Å². The van der Waals surface area contributed by atoms with E-state index in [1.807, 2.05) is 0 Å². The van der Waals surface area contributed by atoms with Gasteiger partial charge in [-0.15, -0.1) is 0 Å². The highest BCUT2D eigenvalue weighted by molar-refractivity contribution is 5.70. The van der Waals surface area contributed by atoms with E-state index in [4.69, 9.17) is 9.47 Å². The van der Waals surface area contributed by atoms with Crippen LogP contribution in [0.4, 0.5) is 0 Å². The van der Waals surface area contributed by atoms with Gasteiger partial charge in [0.1, 0.15) is 6.10 Å². The van der Waals surface area contributed by atoms with Crippen LogP contribution in [0.15, 0.2) is 0 Å². The Labute approximate surface area is 121 Å². The lowest BCUT2D eigenvalue weighted by Crippen LogP contribution is -2.39. The highest BCUT2D eigenvalue weighted by Crippen LogP contribution is 2.33. The number of rotatable bonds is 3. The van der Waals surface area contributed by atoms with Crippen molar-refractivity contribution >= 4 is 5.97 Å². The highest BCUT2D eigenvalue weighted by Gasteiger charge is 2.35. The topological polar surface area (TPSA) is 47.6 Å². The predicted octanol–water partition coefficient (Wildman–Crippen LogP) is 2.41. The highest BCUT2D eigenvalue weighted by atomic mass is 16.6. The third kappa shape index (κ3) is 3.53. The Morgan fingerprint density at radius 2 is 1.70 bits per heavy atom. The van der Waals surface area contributed by atoms with Gasteiger partial charge in [0.25, 0.3) is 0 Å². The van der Waals surface area contributed by atoms with E-state index in [1.54, 1.807) is 0 Å². The zero-order valence-electron chi connectivity index (χ0n) is 12.6. The Hall–Kier alpha value is -0.610. The van der Waals surface area contributed by atoms with Gasteiger partial charge in [-0.1, -0.05) is 0 Å². The standard InChI is InChI=1S/C16H27NO3/c1-10-5-15(6-11(2)19-10)20-16(18)9-12-7-13-3-4-14(8-12)17-13/h10-15,17H,3-9H2,1-2H3. The van der Waals surface area contributed by atoms with Crippen molar-refractivity contribution in [1.82, 2.24) is 5.32 Å². The monoisotopic (exact) mass is 281 g/mol. The molecule has 4 nitrogen and oxygen atoms in total. The molecule has 1 N–H and O–H groups in total. The van der Waals surface area contributed by atoms with Gasteiger partial charge in [-0.2, -0.15) is 0 Å². The second-order valence-electron chi connectivity index (χ2n) is 7.02. The Morgan fingerprint density at radius 3 is 2.30 bits per heavy atom. The van der Waals surface area contributed by atoms with Crippen LogP contribution in [0, 0.1) is 5.92 Å². The molecule has 0 radical (unpaired) electrons. The van der Waals surface area contributed by atoms with E-state index in [2.05, 4.69) is 19.2 Å². The largest absolute Gasteiger partial charge is 0.462 e. The number of fused-ring (bicyclic) bond motifs is 2. The molecular formula is C16H27NO3. The van der Waals surface area contributed by atoms with Gasteiger partial charge in [0.15, 0.2) is 0 Å². The Morgan fingerprint density at radius 1 is 1.10 bits per heavy atom. The first-order valence-corrected chi connectivity index (χ1v) is 8.19. The maximum Gasteiger partial charge on any atom is 0.306 e. The van der Waals surface area contributed by atoms with Crippen LogP contribution in [0.5, 0.6) is 0 Å². The van der Waals surface area contributed by atoms with Gasteiger partial charge in [-0.3, -0.25) is 4.79 Å². The average Bonchev–Trinajstić information content (AvgIpc) is 2.67. The minimum Gasteiger partial charge on any atom is -0.462 e. The molecule has 4 atom stereocenters. The van der Waals surface area contributed by atoms with Crippen LogP contribution < -0.4 is 5.32 Å². The fraction of sp³-hybridized carbons (Fsp3) is 0.938. The quantitative estimate of drug-likeness (QED) is 0.807. The summed E-state index contributed by atoms with van der Waals surface area (Å²) >= 11 is 0. The van der Waals surface area contributed by atoms with Crippen LogP contribution in [0.3, 0.4) is 0 Å². The summed E-state index contributed by atoms with van der Waals surface area (Å²) in [6, 6.07) is 1.30. The SMILES string of the molecule is CC1CC(OC(=O)CC2CC3CCC(C2)N3)CC(C)O1. The van der Waals surface area contributed by atoms with E-state index < -0.39 is 0 Å². The molecule has 0 spiro atoms. The van der Waals surface area contributed by atoms with Crippen LogP contribution in [0.25, 0.3) is 0 Å². The van der Waals surface area contributed by atoms with Gasteiger partial charge < -0.3 is 14.8 Å². The summed E-state index contributed by atoms with van der Waals surface area (Å²) in [7, 11) is 0. The molecule has 3 aliphatic rings. The summed E-state index contributed by atoms with van der Waals surface area (Å²) in [5, 5.41) is 3.62. The Bertz CT molecular complexity index is 332. The summed E-state index contributed by atoms with van der Waals surface area (Å²) in [6.07, 6.45) is 7.60. The molecule has 2 bridgehead atoms. The number of hydrogen-bond donors (Lipinski definition) is 1. The van der Waals surface area contributed by atoms with Crippen molar-refractivity contribution in [3.8, 4) is 0 Å². The van der Waals surface area contributed by atoms with Gasteiger partial charge in [0.05, 0.1) is 12.2 Å². The number of ether oxygens (including phenoxy) is 2. The summed E-state index contributed by atoms with van der Waals surface area (Å²) in [6.45, 7) is 4.11. The van der Waals surface area contributed by atoms with Gasteiger partial charge >= 0.3 is 5.97 Å². The molecule has 3 rings (SSSR count). The first-order valence-electron chi connectivity index (χ1n) is 8.19. The van der Waals surface area contributed by atoms with E-state index in [1.165, 1.54) is 12.8 Å². The lowest BCUT2D eigenvalue weighted by atomic mass is 9.90. The van der Waals surface area contributed by atoms with Crippen molar-refractivity contribution in [1.29, 1.82) is 0 Å². The summed E-state index contributed by atoms with van der Waals surface area (Å²) in [4.78, 5) is 12.1.